The first-order chi connectivity index (χ1) is 18.4. The molecule has 0 radical (unpaired) electrons. The molecule has 1 fully saturated rings. The first-order valence-corrected chi connectivity index (χ1v) is 12.1. The Hall–Kier alpha value is -4.47. The van der Waals surface area contributed by atoms with Crippen molar-refractivity contribution in [1.29, 1.82) is 5.26 Å². The maximum absolute atomic E-state index is 9.87. The SMILES string of the molecule is COCCOC1CCC(c2nc3c(-c4cnn(-c5ccccc5)c4)cnn3c(N)c2C#N)CC1.O=C(O)O. The van der Waals surface area contributed by atoms with Crippen LogP contribution in [-0.4, -0.2) is 67.2 Å². The summed E-state index contributed by atoms with van der Waals surface area (Å²) >= 11 is 0. The second-order valence-corrected chi connectivity index (χ2v) is 8.79. The predicted octanol–water partition coefficient (Wildman–Crippen LogP) is 3.95. The lowest BCUT2D eigenvalue weighted by molar-refractivity contribution is -0.00297. The van der Waals surface area contributed by atoms with Gasteiger partial charge in [-0.15, -0.1) is 0 Å². The molecule has 4 aromatic rings. The summed E-state index contributed by atoms with van der Waals surface area (Å²) < 4.78 is 14.3. The number of nitriles is 1. The zero-order valence-electron chi connectivity index (χ0n) is 20.9. The van der Waals surface area contributed by atoms with Gasteiger partial charge in [-0.3, -0.25) is 0 Å². The highest BCUT2D eigenvalue weighted by Gasteiger charge is 2.28. The van der Waals surface area contributed by atoms with Gasteiger partial charge in [0, 0.05) is 30.4 Å². The minimum Gasteiger partial charge on any atom is -0.450 e. The van der Waals surface area contributed by atoms with Crippen LogP contribution in [0.15, 0.2) is 48.9 Å². The largest absolute Gasteiger partial charge is 0.503 e. The van der Waals surface area contributed by atoms with E-state index in [2.05, 4.69) is 16.3 Å². The van der Waals surface area contributed by atoms with Gasteiger partial charge in [-0.1, -0.05) is 18.2 Å². The van der Waals surface area contributed by atoms with E-state index in [-0.39, 0.29) is 12.0 Å². The Morgan fingerprint density at radius 2 is 1.84 bits per heavy atom. The number of aromatic nitrogens is 5. The Balaban J connectivity index is 0.000000786. The van der Waals surface area contributed by atoms with Gasteiger partial charge in [-0.2, -0.15) is 20.0 Å². The third kappa shape index (κ3) is 5.91. The number of anilines is 1. The van der Waals surface area contributed by atoms with E-state index in [0.29, 0.717) is 30.2 Å². The third-order valence-electron chi connectivity index (χ3n) is 6.44. The van der Waals surface area contributed by atoms with Crippen molar-refractivity contribution in [3.8, 4) is 22.9 Å². The van der Waals surface area contributed by atoms with Crippen LogP contribution in [0.5, 0.6) is 0 Å². The van der Waals surface area contributed by atoms with Crippen molar-refractivity contribution in [3.05, 3.63) is 60.2 Å². The Morgan fingerprint density at radius 1 is 1.13 bits per heavy atom. The van der Waals surface area contributed by atoms with Gasteiger partial charge in [-0.05, 0) is 37.8 Å². The van der Waals surface area contributed by atoms with Crippen LogP contribution in [0.3, 0.4) is 0 Å². The average Bonchev–Trinajstić information content (AvgIpc) is 3.57. The highest BCUT2D eigenvalue weighted by molar-refractivity contribution is 5.78. The number of hydrogen-bond donors (Lipinski definition) is 3. The van der Waals surface area contributed by atoms with Crippen LogP contribution in [0.4, 0.5) is 10.6 Å². The molecule has 0 bridgehead atoms. The fourth-order valence-corrected chi connectivity index (χ4v) is 4.63. The first-order valence-electron chi connectivity index (χ1n) is 12.1. The lowest BCUT2D eigenvalue weighted by Crippen LogP contribution is -2.23. The average molecular weight is 520 g/mol. The molecule has 1 aliphatic rings. The summed E-state index contributed by atoms with van der Waals surface area (Å²) in [7, 11) is 1.67. The van der Waals surface area contributed by atoms with Gasteiger partial charge in [0.05, 0.1) is 43.1 Å². The Labute approximate surface area is 218 Å². The molecule has 38 heavy (non-hydrogen) atoms. The summed E-state index contributed by atoms with van der Waals surface area (Å²) in [4.78, 5) is 13.5. The number of carbonyl (C=O) groups is 1. The van der Waals surface area contributed by atoms with Gasteiger partial charge < -0.3 is 25.4 Å². The van der Waals surface area contributed by atoms with Crippen molar-refractivity contribution in [2.24, 2.45) is 0 Å². The van der Waals surface area contributed by atoms with Crippen LogP contribution in [0.25, 0.3) is 22.5 Å². The second kappa shape index (κ2) is 12.2. The molecule has 3 heterocycles. The molecule has 12 nitrogen and oxygen atoms in total. The van der Waals surface area contributed by atoms with E-state index in [9.17, 15) is 5.26 Å². The van der Waals surface area contributed by atoms with Crippen molar-refractivity contribution in [2.45, 2.75) is 37.7 Å². The molecular formula is C26H29N7O5. The summed E-state index contributed by atoms with van der Waals surface area (Å²) in [5, 5.41) is 32.8. The molecule has 1 aromatic carbocycles. The number of nitrogen functional groups attached to an aromatic ring is 1. The molecule has 0 atom stereocenters. The second-order valence-electron chi connectivity index (χ2n) is 8.79. The smallest absolute Gasteiger partial charge is 0.450 e. The Morgan fingerprint density at radius 3 is 2.50 bits per heavy atom. The zero-order chi connectivity index (χ0) is 27.1. The molecular weight excluding hydrogens is 490 g/mol. The van der Waals surface area contributed by atoms with E-state index in [4.69, 9.17) is 35.2 Å². The number of fused-ring (bicyclic) bond motifs is 1. The van der Waals surface area contributed by atoms with E-state index < -0.39 is 6.16 Å². The number of ether oxygens (including phenoxy) is 2. The van der Waals surface area contributed by atoms with Crippen molar-refractivity contribution in [1.82, 2.24) is 24.4 Å². The fourth-order valence-electron chi connectivity index (χ4n) is 4.63. The van der Waals surface area contributed by atoms with Gasteiger partial charge in [-0.25, -0.2) is 14.5 Å². The van der Waals surface area contributed by atoms with Crippen LogP contribution >= 0.6 is 0 Å². The highest BCUT2D eigenvalue weighted by atomic mass is 16.6. The molecule has 12 heteroatoms. The molecule has 4 N–H and O–H groups in total. The fraction of sp³-hybridized carbons (Fsp3) is 0.346. The summed E-state index contributed by atoms with van der Waals surface area (Å²) in [6.07, 6.45) is 7.48. The van der Waals surface area contributed by atoms with Gasteiger partial charge in [0.15, 0.2) is 5.65 Å². The molecule has 1 saturated carbocycles. The van der Waals surface area contributed by atoms with E-state index in [1.807, 2.05) is 41.2 Å². The molecule has 0 aliphatic heterocycles. The van der Waals surface area contributed by atoms with E-state index >= 15 is 0 Å². The number of benzene rings is 1. The quantitative estimate of drug-likeness (QED) is 0.303. The van der Waals surface area contributed by atoms with Gasteiger partial charge in [0.1, 0.15) is 17.5 Å². The van der Waals surface area contributed by atoms with Gasteiger partial charge in [0.2, 0.25) is 0 Å². The molecule has 0 amide bonds. The molecule has 3 aromatic heterocycles. The number of methoxy groups -OCH3 is 1. The van der Waals surface area contributed by atoms with Gasteiger partial charge in [0.25, 0.3) is 0 Å². The van der Waals surface area contributed by atoms with Gasteiger partial charge >= 0.3 is 6.16 Å². The van der Waals surface area contributed by atoms with Crippen LogP contribution in [0, 0.1) is 11.3 Å². The Bertz CT molecular complexity index is 1420. The molecule has 0 unspecified atom stereocenters. The number of nitrogens with two attached hydrogens (primary N) is 1. The summed E-state index contributed by atoms with van der Waals surface area (Å²) in [5.41, 5.74) is 10.9. The van der Waals surface area contributed by atoms with Crippen LogP contribution in [-0.2, 0) is 9.47 Å². The number of para-hydroxylation sites is 1. The third-order valence-corrected chi connectivity index (χ3v) is 6.44. The maximum Gasteiger partial charge on any atom is 0.503 e. The summed E-state index contributed by atoms with van der Waals surface area (Å²) in [5.74, 6) is 0.474. The predicted molar refractivity (Wildman–Crippen MR) is 138 cm³/mol. The summed E-state index contributed by atoms with van der Waals surface area (Å²) in [6, 6.07) is 12.2. The molecule has 5 rings (SSSR count). The van der Waals surface area contributed by atoms with Crippen LogP contribution in [0.2, 0.25) is 0 Å². The van der Waals surface area contributed by atoms with E-state index in [0.717, 1.165) is 48.2 Å². The minimum atomic E-state index is -1.83. The van der Waals surface area contributed by atoms with Crippen molar-refractivity contribution >= 4 is 17.6 Å². The van der Waals surface area contributed by atoms with Crippen molar-refractivity contribution < 1.29 is 24.5 Å². The first kappa shape index (κ1) is 26.6. The minimum absolute atomic E-state index is 0.152. The number of rotatable bonds is 7. The maximum atomic E-state index is 9.87. The monoisotopic (exact) mass is 519 g/mol. The Kier molecular flexibility index (Phi) is 8.52. The summed E-state index contributed by atoms with van der Waals surface area (Å²) in [6.45, 7) is 1.19. The highest BCUT2D eigenvalue weighted by Crippen LogP contribution is 2.37. The van der Waals surface area contributed by atoms with Crippen LogP contribution in [0.1, 0.15) is 42.9 Å². The zero-order valence-corrected chi connectivity index (χ0v) is 20.9. The lowest BCUT2D eigenvalue weighted by atomic mass is 9.83. The lowest BCUT2D eigenvalue weighted by Gasteiger charge is -2.29. The van der Waals surface area contributed by atoms with E-state index in [1.165, 1.54) is 0 Å². The molecule has 1 aliphatic carbocycles. The standard InChI is InChI=1S/C25H27N7O2.CH2O3/c1-33-11-12-34-20-9-7-17(8-10-20)23-21(13-26)24(27)32-25(30-23)22(15-29-32)18-14-28-31(16-18)19-5-3-2-4-6-19;2-1(3)4/h2-6,14-17,20H,7-12,27H2,1H3;(H2,2,3,4). The van der Waals surface area contributed by atoms with Crippen LogP contribution < -0.4 is 5.73 Å². The normalized spacial score (nSPS) is 16.9. The molecule has 0 saturated heterocycles. The number of hydrogen-bond acceptors (Lipinski definition) is 8. The number of nitrogens with zero attached hydrogens (tertiary/aromatic N) is 6. The molecule has 198 valence electrons. The van der Waals surface area contributed by atoms with Crippen molar-refractivity contribution in [2.75, 3.05) is 26.1 Å². The number of carboxylic acid groups (broad SMARTS) is 2. The topological polar surface area (TPSA) is 174 Å². The van der Waals surface area contributed by atoms with Crippen molar-refractivity contribution in [3.63, 3.8) is 0 Å². The molecule has 0 spiro atoms. The van der Waals surface area contributed by atoms with E-state index in [1.54, 1.807) is 24.0 Å².